The van der Waals surface area contributed by atoms with Gasteiger partial charge in [0.2, 0.25) is 5.95 Å². The van der Waals surface area contributed by atoms with Gasteiger partial charge in [-0.25, -0.2) is 9.97 Å². The molecule has 1 saturated carbocycles. The molecule has 0 bridgehead atoms. The molecule has 3 heterocycles. The lowest BCUT2D eigenvalue weighted by Crippen LogP contribution is -2.47. The van der Waals surface area contributed by atoms with Crippen molar-refractivity contribution in [3.63, 3.8) is 0 Å². The van der Waals surface area contributed by atoms with E-state index in [1.807, 2.05) is 11.8 Å². The van der Waals surface area contributed by atoms with Crippen LogP contribution in [0, 0.1) is 6.92 Å². The van der Waals surface area contributed by atoms with Crippen molar-refractivity contribution in [1.29, 1.82) is 0 Å². The zero-order valence-corrected chi connectivity index (χ0v) is 14.8. The summed E-state index contributed by atoms with van der Waals surface area (Å²) < 4.78 is 11.5. The summed E-state index contributed by atoms with van der Waals surface area (Å²) in [6.07, 6.45) is 6.22. The Kier molecular flexibility index (Phi) is 4.60. The molecule has 3 fully saturated rings. The standard InChI is InChI=1S/C18H26N4O3/c1-13-12-15(21-17(19-13)20-14-4-2-3-5-14)16(23)22-8-6-18(7-9-22)24-10-11-25-18/h12,14H,2-11H2,1H3,(H,19,20,21). The number of carbonyl (C=O) groups excluding carboxylic acids is 1. The largest absolute Gasteiger partial charge is 0.351 e. The minimum Gasteiger partial charge on any atom is -0.351 e. The van der Waals surface area contributed by atoms with E-state index in [9.17, 15) is 4.79 Å². The van der Waals surface area contributed by atoms with Crippen LogP contribution in [0.15, 0.2) is 6.07 Å². The number of nitrogens with one attached hydrogen (secondary N) is 1. The third-order valence-electron chi connectivity index (χ3n) is 5.39. The van der Waals surface area contributed by atoms with Crippen LogP contribution >= 0.6 is 0 Å². The Morgan fingerprint density at radius 2 is 1.88 bits per heavy atom. The summed E-state index contributed by atoms with van der Waals surface area (Å²) in [7, 11) is 0. The number of amides is 1. The highest BCUT2D eigenvalue weighted by molar-refractivity contribution is 5.92. The number of hydrogen-bond acceptors (Lipinski definition) is 6. The molecule has 0 aromatic carbocycles. The van der Waals surface area contributed by atoms with Crippen molar-refractivity contribution in [1.82, 2.24) is 14.9 Å². The molecule has 7 heteroatoms. The summed E-state index contributed by atoms with van der Waals surface area (Å²) in [5.74, 6) is 0.0760. The first-order valence-corrected chi connectivity index (χ1v) is 9.33. The zero-order chi connectivity index (χ0) is 17.3. The Labute approximate surface area is 148 Å². The van der Waals surface area contributed by atoms with Crippen LogP contribution in [-0.4, -0.2) is 58.9 Å². The van der Waals surface area contributed by atoms with Gasteiger partial charge in [-0.05, 0) is 25.8 Å². The van der Waals surface area contributed by atoms with Gasteiger partial charge in [0.25, 0.3) is 5.91 Å². The maximum absolute atomic E-state index is 12.9. The lowest BCUT2D eigenvalue weighted by molar-refractivity contribution is -0.181. The van der Waals surface area contributed by atoms with Gasteiger partial charge < -0.3 is 19.7 Å². The number of anilines is 1. The van der Waals surface area contributed by atoms with Gasteiger partial charge in [0.1, 0.15) is 5.69 Å². The van der Waals surface area contributed by atoms with Crippen LogP contribution in [0.4, 0.5) is 5.95 Å². The van der Waals surface area contributed by atoms with Crippen molar-refractivity contribution in [3.05, 3.63) is 17.5 Å². The highest BCUT2D eigenvalue weighted by Gasteiger charge is 2.41. The second kappa shape index (κ2) is 6.88. The average molecular weight is 346 g/mol. The first-order valence-electron chi connectivity index (χ1n) is 9.33. The molecule has 2 saturated heterocycles. The predicted octanol–water partition coefficient (Wildman–Crippen LogP) is 2.12. The number of carbonyl (C=O) groups is 1. The Morgan fingerprint density at radius 3 is 2.56 bits per heavy atom. The molecular formula is C18H26N4O3. The van der Waals surface area contributed by atoms with E-state index in [1.54, 1.807) is 6.07 Å². The highest BCUT2D eigenvalue weighted by Crippen LogP contribution is 2.31. The highest BCUT2D eigenvalue weighted by atomic mass is 16.7. The predicted molar refractivity (Wildman–Crippen MR) is 92.4 cm³/mol. The van der Waals surface area contributed by atoms with Crippen molar-refractivity contribution in [2.24, 2.45) is 0 Å². The van der Waals surface area contributed by atoms with Crippen LogP contribution in [0.3, 0.4) is 0 Å². The van der Waals surface area contributed by atoms with Gasteiger partial charge >= 0.3 is 0 Å². The van der Waals surface area contributed by atoms with Crippen molar-refractivity contribution in [3.8, 4) is 0 Å². The fourth-order valence-corrected chi connectivity index (χ4v) is 3.99. The van der Waals surface area contributed by atoms with E-state index in [-0.39, 0.29) is 5.91 Å². The summed E-state index contributed by atoms with van der Waals surface area (Å²) >= 11 is 0. The molecule has 136 valence electrons. The molecule has 7 nitrogen and oxygen atoms in total. The van der Waals surface area contributed by atoms with Crippen molar-refractivity contribution >= 4 is 11.9 Å². The molecule has 0 atom stereocenters. The van der Waals surface area contributed by atoms with E-state index >= 15 is 0 Å². The van der Waals surface area contributed by atoms with Crippen LogP contribution in [-0.2, 0) is 9.47 Å². The van der Waals surface area contributed by atoms with E-state index < -0.39 is 5.79 Å². The van der Waals surface area contributed by atoms with Crippen LogP contribution in [0.25, 0.3) is 0 Å². The molecule has 1 aromatic rings. The van der Waals surface area contributed by atoms with E-state index in [1.165, 1.54) is 12.8 Å². The molecule has 1 spiro atoms. The quantitative estimate of drug-likeness (QED) is 0.903. The zero-order valence-electron chi connectivity index (χ0n) is 14.8. The minimum atomic E-state index is -0.465. The topological polar surface area (TPSA) is 76.6 Å². The van der Waals surface area contributed by atoms with Gasteiger partial charge in [0.05, 0.1) is 13.2 Å². The van der Waals surface area contributed by atoms with Crippen molar-refractivity contribution < 1.29 is 14.3 Å². The maximum atomic E-state index is 12.9. The first kappa shape index (κ1) is 16.7. The number of aryl methyl sites for hydroxylation is 1. The van der Waals surface area contributed by atoms with Crippen LogP contribution in [0.1, 0.15) is 54.7 Å². The molecule has 1 aliphatic carbocycles. The number of aromatic nitrogens is 2. The average Bonchev–Trinajstić information content (AvgIpc) is 3.27. The van der Waals surface area contributed by atoms with Gasteiger partial charge in [-0.2, -0.15) is 0 Å². The second-order valence-corrected chi connectivity index (χ2v) is 7.24. The number of rotatable bonds is 3. The number of likely N-dealkylation sites (tertiary alicyclic amines) is 1. The minimum absolute atomic E-state index is 0.0344. The SMILES string of the molecule is Cc1cc(C(=O)N2CCC3(CC2)OCCO3)nc(NC2CCCC2)n1. The number of hydrogen-bond donors (Lipinski definition) is 1. The van der Waals surface area contributed by atoms with Gasteiger partial charge in [0, 0.05) is 37.7 Å². The molecule has 0 radical (unpaired) electrons. The Morgan fingerprint density at radius 1 is 1.20 bits per heavy atom. The number of nitrogens with zero attached hydrogens (tertiary/aromatic N) is 3. The van der Waals surface area contributed by atoms with Gasteiger partial charge in [-0.3, -0.25) is 4.79 Å². The third-order valence-corrected chi connectivity index (χ3v) is 5.39. The first-order chi connectivity index (χ1) is 12.1. The Hall–Kier alpha value is -1.73. The second-order valence-electron chi connectivity index (χ2n) is 7.24. The van der Waals surface area contributed by atoms with E-state index in [0.717, 1.165) is 31.4 Å². The molecule has 3 aliphatic rings. The number of piperidine rings is 1. The Bertz CT molecular complexity index is 629. The van der Waals surface area contributed by atoms with Gasteiger partial charge in [-0.1, -0.05) is 12.8 Å². The smallest absolute Gasteiger partial charge is 0.272 e. The lowest BCUT2D eigenvalue weighted by Gasteiger charge is -2.37. The van der Waals surface area contributed by atoms with E-state index in [4.69, 9.17) is 9.47 Å². The van der Waals surface area contributed by atoms with Crippen LogP contribution in [0.2, 0.25) is 0 Å². The summed E-state index contributed by atoms with van der Waals surface area (Å²) in [4.78, 5) is 23.7. The molecule has 0 unspecified atom stereocenters. The lowest BCUT2D eigenvalue weighted by atomic mass is 10.0. The van der Waals surface area contributed by atoms with Gasteiger partial charge in [-0.15, -0.1) is 0 Å². The van der Waals surface area contributed by atoms with Crippen LogP contribution < -0.4 is 5.32 Å². The van der Waals surface area contributed by atoms with E-state index in [0.29, 0.717) is 44.0 Å². The van der Waals surface area contributed by atoms with Crippen LogP contribution in [0.5, 0.6) is 0 Å². The summed E-state index contributed by atoms with van der Waals surface area (Å²) in [6.45, 7) is 4.47. The molecule has 2 aliphatic heterocycles. The number of ether oxygens (including phenoxy) is 2. The van der Waals surface area contributed by atoms with Gasteiger partial charge in [0.15, 0.2) is 5.79 Å². The molecule has 1 aromatic heterocycles. The normalized spacial score (nSPS) is 23.3. The fourth-order valence-electron chi connectivity index (χ4n) is 3.99. The molecule has 4 rings (SSSR count). The third kappa shape index (κ3) is 3.62. The molecule has 1 N–H and O–H groups in total. The van der Waals surface area contributed by atoms with Crippen molar-refractivity contribution in [2.75, 3.05) is 31.6 Å². The summed E-state index contributed by atoms with van der Waals surface area (Å²) in [6, 6.07) is 2.20. The summed E-state index contributed by atoms with van der Waals surface area (Å²) in [5, 5.41) is 3.39. The molecular weight excluding hydrogens is 320 g/mol. The monoisotopic (exact) mass is 346 g/mol. The maximum Gasteiger partial charge on any atom is 0.272 e. The molecule has 25 heavy (non-hydrogen) atoms. The van der Waals surface area contributed by atoms with Crippen molar-refractivity contribution in [2.45, 2.75) is 57.3 Å². The van der Waals surface area contributed by atoms with E-state index in [2.05, 4.69) is 15.3 Å². The molecule has 1 amide bonds. The Balaban J connectivity index is 1.43. The fraction of sp³-hybridized carbons (Fsp3) is 0.722. The summed E-state index contributed by atoms with van der Waals surface area (Å²) in [5.41, 5.74) is 1.28.